The predicted molar refractivity (Wildman–Crippen MR) is 66.0 cm³/mol. The topological polar surface area (TPSA) is 91.0 Å². The molecule has 0 saturated carbocycles. The van der Waals surface area contributed by atoms with Crippen LogP contribution in [0.1, 0.15) is 10.4 Å². The number of aromatic carboxylic acids is 1. The van der Waals surface area contributed by atoms with Gasteiger partial charge in [-0.05, 0) is 18.2 Å². The van der Waals surface area contributed by atoms with Gasteiger partial charge >= 0.3 is 5.97 Å². The zero-order chi connectivity index (χ0) is 13.4. The van der Waals surface area contributed by atoms with Crippen LogP contribution >= 0.6 is 0 Å². The van der Waals surface area contributed by atoms with E-state index in [9.17, 15) is 4.79 Å². The first-order valence-electron chi connectivity index (χ1n) is 5.47. The number of hydrogen-bond acceptors (Lipinski definition) is 5. The number of hydrogen-bond donors (Lipinski definition) is 2. The molecule has 6 nitrogen and oxygen atoms in total. The van der Waals surface area contributed by atoms with E-state index in [1.165, 1.54) is 12.1 Å². The Morgan fingerprint density at radius 3 is 2.67 bits per heavy atom. The summed E-state index contributed by atoms with van der Waals surface area (Å²) in [7, 11) is 1.59. The molecule has 0 aliphatic heterocycles. The van der Waals surface area contributed by atoms with Crippen molar-refractivity contribution >= 4 is 11.7 Å². The number of benzene rings is 1. The molecule has 0 aliphatic carbocycles. The van der Waals surface area contributed by atoms with Crippen LogP contribution in [0.5, 0.6) is 5.75 Å². The van der Waals surface area contributed by atoms with Crippen LogP contribution in [0.2, 0.25) is 0 Å². The van der Waals surface area contributed by atoms with Gasteiger partial charge in [0.1, 0.15) is 17.9 Å². The zero-order valence-corrected chi connectivity index (χ0v) is 10.2. The maximum atomic E-state index is 11.0. The van der Waals surface area contributed by atoms with E-state index in [1.54, 1.807) is 13.2 Å². The Morgan fingerprint density at radius 1 is 1.28 bits per heavy atom. The third-order valence-corrected chi connectivity index (χ3v) is 2.15. The van der Waals surface area contributed by atoms with Crippen molar-refractivity contribution in [3.05, 3.63) is 23.8 Å². The van der Waals surface area contributed by atoms with E-state index in [2.05, 4.69) is 0 Å². The fourth-order valence-corrected chi connectivity index (χ4v) is 1.30. The normalized spacial score (nSPS) is 10.3. The lowest BCUT2D eigenvalue weighted by Crippen LogP contribution is -2.12. The monoisotopic (exact) mass is 255 g/mol. The van der Waals surface area contributed by atoms with Crippen LogP contribution in [0.15, 0.2) is 18.2 Å². The van der Waals surface area contributed by atoms with Crippen LogP contribution in [0, 0.1) is 0 Å². The lowest BCUT2D eigenvalue weighted by molar-refractivity contribution is 0.0535. The summed E-state index contributed by atoms with van der Waals surface area (Å²) in [5.74, 6) is -0.787. The third-order valence-electron chi connectivity index (χ3n) is 2.15. The van der Waals surface area contributed by atoms with Gasteiger partial charge in [-0.2, -0.15) is 0 Å². The number of nitrogens with two attached hydrogens (primary N) is 1. The van der Waals surface area contributed by atoms with Crippen molar-refractivity contribution in [1.82, 2.24) is 0 Å². The molecule has 3 N–H and O–H groups in total. The van der Waals surface area contributed by atoms with Gasteiger partial charge in [-0.3, -0.25) is 0 Å². The molecular weight excluding hydrogens is 238 g/mol. The molecule has 6 heteroatoms. The maximum Gasteiger partial charge on any atom is 0.339 e. The molecule has 18 heavy (non-hydrogen) atoms. The summed E-state index contributed by atoms with van der Waals surface area (Å²) < 4.78 is 15.3. The predicted octanol–water partition coefficient (Wildman–Crippen LogP) is 1.01. The largest absolute Gasteiger partial charge is 0.490 e. The highest BCUT2D eigenvalue weighted by Crippen LogP contribution is 2.21. The molecule has 0 atom stereocenters. The second-order valence-corrected chi connectivity index (χ2v) is 3.51. The first kappa shape index (κ1) is 14.3. The van der Waals surface area contributed by atoms with Gasteiger partial charge in [-0.15, -0.1) is 0 Å². The number of carbonyl (C=O) groups is 1. The fourth-order valence-electron chi connectivity index (χ4n) is 1.30. The zero-order valence-electron chi connectivity index (χ0n) is 10.2. The number of carboxylic acid groups (broad SMARTS) is 1. The highest BCUT2D eigenvalue weighted by atomic mass is 16.5. The van der Waals surface area contributed by atoms with E-state index in [4.69, 9.17) is 25.1 Å². The van der Waals surface area contributed by atoms with E-state index in [0.29, 0.717) is 25.5 Å². The Hall–Kier alpha value is -1.79. The Bertz CT molecular complexity index is 394. The molecule has 0 bridgehead atoms. The lowest BCUT2D eigenvalue weighted by atomic mass is 10.2. The second-order valence-electron chi connectivity index (χ2n) is 3.51. The number of anilines is 1. The average Bonchev–Trinajstić information content (AvgIpc) is 2.35. The van der Waals surface area contributed by atoms with Crippen LogP contribution in [0.25, 0.3) is 0 Å². The van der Waals surface area contributed by atoms with Crippen molar-refractivity contribution in [2.75, 3.05) is 39.3 Å². The molecule has 0 radical (unpaired) electrons. The van der Waals surface area contributed by atoms with Gasteiger partial charge in [-0.25, -0.2) is 4.79 Å². The van der Waals surface area contributed by atoms with E-state index in [-0.39, 0.29) is 17.9 Å². The quantitative estimate of drug-likeness (QED) is 0.532. The molecule has 0 unspecified atom stereocenters. The van der Waals surface area contributed by atoms with Gasteiger partial charge in [0.05, 0.1) is 19.8 Å². The van der Waals surface area contributed by atoms with Crippen molar-refractivity contribution in [3.8, 4) is 5.75 Å². The Balaban J connectivity index is 2.44. The maximum absolute atomic E-state index is 11.0. The molecule has 0 aliphatic rings. The molecule has 0 saturated heterocycles. The van der Waals surface area contributed by atoms with Crippen LogP contribution in [0.4, 0.5) is 5.69 Å². The van der Waals surface area contributed by atoms with Gasteiger partial charge < -0.3 is 25.1 Å². The fraction of sp³-hybridized carbons (Fsp3) is 0.417. The van der Waals surface area contributed by atoms with Crippen LogP contribution < -0.4 is 10.5 Å². The lowest BCUT2D eigenvalue weighted by Gasteiger charge is -2.10. The average molecular weight is 255 g/mol. The smallest absolute Gasteiger partial charge is 0.339 e. The standard InChI is InChI=1S/C12H17NO5/c1-16-4-5-17-6-7-18-11-3-2-9(13)8-10(11)12(14)15/h2-3,8H,4-7,13H2,1H3,(H,14,15). The first-order valence-corrected chi connectivity index (χ1v) is 5.47. The van der Waals surface area contributed by atoms with Crippen molar-refractivity contribution in [1.29, 1.82) is 0 Å². The van der Waals surface area contributed by atoms with Gasteiger partial charge in [0.25, 0.3) is 0 Å². The summed E-state index contributed by atoms with van der Waals surface area (Å²) >= 11 is 0. The summed E-state index contributed by atoms with van der Waals surface area (Å²) in [6, 6.07) is 4.49. The van der Waals surface area contributed by atoms with E-state index in [1.807, 2.05) is 0 Å². The Labute approximate surface area is 105 Å². The highest BCUT2D eigenvalue weighted by Gasteiger charge is 2.11. The number of rotatable bonds is 8. The molecule has 1 rings (SSSR count). The number of nitrogen functional groups attached to an aromatic ring is 1. The van der Waals surface area contributed by atoms with Crippen molar-refractivity contribution in [2.24, 2.45) is 0 Å². The van der Waals surface area contributed by atoms with Crippen LogP contribution in [-0.4, -0.2) is 44.6 Å². The SMILES string of the molecule is COCCOCCOc1ccc(N)cc1C(=O)O. The molecule has 1 aromatic carbocycles. The summed E-state index contributed by atoms with van der Waals surface area (Å²) in [5, 5.41) is 8.98. The van der Waals surface area contributed by atoms with E-state index >= 15 is 0 Å². The molecule has 0 aromatic heterocycles. The van der Waals surface area contributed by atoms with Gasteiger partial charge in [-0.1, -0.05) is 0 Å². The minimum atomic E-state index is -1.07. The van der Waals surface area contributed by atoms with Gasteiger partial charge in [0.15, 0.2) is 0 Å². The van der Waals surface area contributed by atoms with Crippen molar-refractivity contribution in [3.63, 3.8) is 0 Å². The number of ether oxygens (including phenoxy) is 3. The van der Waals surface area contributed by atoms with Gasteiger partial charge in [0, 0.05) is 12.8 Å². The second kappa shape index (κ2) is 7.52. The Morgan fingerprint density at radius 2 is 2.00 bits per heavy atom. The summed E-state index contributed by atoms with van der Waals surface area (Å²) in [6.45, 7) is 1.64. The third kappa shape index (κ3) is 4.60. The van der Waals surface area contributed by atoms with Crippen molar-refractivity contribution < 1.29 is 24.1 Å². The minimum Gasteiger partial charge on any atom is -0.490 e. The van der Waals surface area contributed by atoms with E-state index < -0.39 is 5.97 Å². The first-order chi connectivity index (χ1) is 8.65. The summed E-state index contributed by atoms with van der Waals surface area (Å²) in [5.41, 5.74) is 5.95. The molecule has 0 fully saturated rings. The molecule has 0 heterocycles. The van der Waals surface area contributed by atoms with Gasteiger partial charge in [0.2, 0.25) is 0 Å². The molecule has 0 spiro atoms. The minimum absolute atomic E-state index is 0.0480. The molecule has 0 amide bonds. The van der Waals surface area contributed by atoms with E-state index in [0.717, 1.165) is 0 Å². The highest BCUT2D eigenvalue weighted by molar-refractivity contribution is 5.92. The van der Waals surface area contributed by atoms with Crippen LogP contribution in [0.3, 0.4) is 0 Å². The van der Waals surface area contributed by atoms with Crippen LogP contribution in [-0.2, 0) is 9.47 Å². The summed E-state index contributed by atoms with van der Waals surface area (Å²) in [4.78, 5) is 11.0. The molecular formula is C12H17NO5. The summed E-state index contributed by atoms with van der Waals surface area (Å²) in [6.07, 6.45) is 0. The Kier molecular flexibility index (Phi) is 5.96. The molecule has 100 valence electrons. The van der Waals surface area contributed by atoms with Crippen molar-refractivity contribution in [2.45, 2.75) is 0 Å². The molecule has 1 aromatic rings. The number of methoxy groups -OCH3 is 1. The number of carboxylic acids is 1.